The quantitative estimate of drug-likeness (QED) is 0.749. The number of hydrogen-bond acceptors (Lipinski definition) is 3. The van der Waals surface area contributed by atoms with Gasteiger partial charge >= 0.3 is 5.97 Å². The van der Waals surface area contributed by atoms with E-state index in [2.05, 4.69) is 0 Å². The number of carboxylic acid groups (broad SMARTS) is 1. The Morgan fingerprint density at radius 2 is 1.95 bits per heavy atom. The monoisotopic (exact) mass is 284 g/mol. The summed E-state index contributed by atoms with van der Waals surface area (Å²) in [5, 5.41) is 8.84. The second kappa shape index (κ2) is 7.62. The lowest BCUT2D eigenvalue weighted by molar-refractivity contribution is -0.147. The van der Waals surface area contributed by atoms with Crippen molar-refractivity contribution in [3.63, 3.8) is 0 Å². The van der Waals surface area contributed by atoms with E-state index in [9.17, 15) is 9.59 Å². The van der Waals surface area contributed by atoms with Gasteiger partial charge in [0.1, 0.15) is 0 Å². The first-order valence-electron chi connectivity index (χ1n) is 7.73. The maximum Gasteiger partial charge on any atom is 0.303 e. The van der Waals surface area contributed by atoms with Crippen LogP contribution in [0, 0.1) is 5.41 Å². The molecule has 116 valence electrons. The van der Waals surface area contributed by atoms with E-state index >= 15 is 0 Å². The minimum absolute atomic E-state index is 0.0661. The third-order valence-corrected chi connectivity index (χ3v) is 4.78. The lowest BCUT2D eigenvalue weighted by Crippen LogP contribution is -2.53. The maximum absolute atomic E-state index is 12.9. The van der Waals surface area contributed by atoms with E-state index in [1.807, 2.05) is 18.7 Å². The molecule has 20 heavy (non-hydrogen) atoms. The first-order valence-corrected chi connectivity index (χ1v) is 7.73. The molecule has 1 saturated heterocycles. The minimum atomic E-state index is -0.793. The van der Waals surface area contributed by atoms with E-state index in [1.165, 1.54) is 0 Å². The molecule has 0 aromatic carbocycles. The standard InChI is InChI=1S/C15H28N2O3/c1-3-15(4-2,11-16)14(20)17-10-6-5-7-12(17)8-9-13(18)19/h12H,3-11,16H2,1-2H3,(H,18,19). The van der Waals surface area contributed by atoms with Crippen LogP contribution in [0.1, 0.15) is 58.8 Å². The first kappa shape index (κ1) is 17.0. The topological polar surface area (TPSA) is 83.6 Å². The van der Waals surface area contributed by atoms with Crippen molar-refractivity contribution >= 4 is 11.9 Å². The van der Waals surface area contributed by atoms with Crippen molar-refractivity contribution in [3.05, 3.63) is 0 Å². The van der Waals surface area contributed by atoms with Crippen LogP contribution >= 0.6 is 0 Å². The molecule has 0 spiro atoms. The molecule has 5 heteroatoms. The van der Waals surface area contributed by atoms with Crippen molar-refractivity contribution in [2.24, 2.45) is 11.1 Å². The van der Waals surface area contributed by atoms with Crippen LogP contribution in [0.5, 0.6) is 0 Å². The average Bonchev–Trinajstić information content (AvgIpc) is 2.47. The second-order valence-electron chi connectivity index (χ2n) is 5.77. The van der Waals surface area contributed by atoms with Crippen molar-refractivity contribution in [2.45, 2.75) is 64.8 Å². The molecule has 1 atom stereocenters. The number of carboxylic acids is 1. The first-order chi connectivity index (χ1) is 9.50. The van der Waals surface area contributed by atoms with E-state index in [0.717, 1.165) is 38.6 Å². The Kier molecular flexibility index (Phi) is 6.46. The summed E-state index contributed by atoms with van der Waals surface area (Å²) in [6.07, 6.45) is 5.14. The van der Waals surface area contributed by atoms with Gasteiger partial charge in [-0.15, -0.1) is 0 Å². The van der Waals surface area contributed by atoms with E-state index in [1.54, 1.807) is 0 Å². The van der Waals surface area contributed by atoms with E-state index < -0.39 is 11.4 Å². The van der Waals surface area contributed by atoms with E-state index in [0.29, 0.717) is 13.0 Å². The van der Waals surface area contributed by atoms with Crippen LogP contribution in [0.25, 0.3) is 0 Å². The van der Waals surface area contributed by atoms with Crippen LogP contribution < -0.4 is 5.73 Å². The SMILES string of the molecule is CCC(CC)(CN)C(=O)N1CCCCC1CCC(=O)O. The molecule has 1 amide bonds. The molecule has 0 aromatic heterocycles. The predicted octanol–water partition coefficient (Wildman–Crippen LogP) is 2.00. The van der Waals surface area contributed by atoms with Crippen LogP contribution in [0.2, 0.25) is 0 Å². The van der Waals surface area contributed by atoms with Gasteiger partial charge in [-0.3, -0.25) is 9.59 Å². The number of piperidine rings is 1. The zero-order valence-corrected chi connectivity index (χ0v) is 12.7. The number of nitrogens with two attached hydrogens (primary N) is 1. The zero-order chi connectivity index (χ0) is 15.2. The molecule has 1 fully saturated rings. The van der Waals surface area contributed by atoms with Crippen LogP contribution in [-0.4, -0.2) is 41.0 Å². The van der Waals surface area contributed by atoms with Crippen molar-refractivity contribution < 1.29 is 14.7 Å². The number of carbonyl (C=O) groups excluding carboxylic acids is 1. The zero-order valence-electron chi connectivity index (χ0n) is 12.7. The predicted molar refractivity (Wildman–Crippen MR) is 78.3 cm³/mol. The Hall–Kier alpha value is -1.10. The molecule has 0 aromatic rings. The number of hydrogen-bond donors (Lipinski definition) is 2. The van der Waals surface area contributed by atoms with Gasteiger partial charge in [-0.25, -0.2) is 0 Å². The Morgan fingerprint density at radius 1 is 1.30 bits per heavy atom. The highest BCUT2D eigenvalue weighted by Crippen LogP contribution is 2.32. The summed E-state index contributed by atoms with van der Waals surface area (Å²) in [5.74, 6) is -0.667. The largest absolute Gasteiger partial charge is 0.481 e. The number of amides is 1. The van der Waals surface area contributed by atoms with Crippen LogP contribution in [0.15, 0.2) is 0 Å². The molecule has 1 aliphatic rings. The lowest BCUT2D eigenvalue weighted by atomic mass is 9.79. The van der Waals surface area contributed by atoms with Gasteiger partial charge in [-0.2, -0.15) is 0 Å². The van der Waals surface area contributed by atoms with Crippen LogP contribution in [-0.2, 0) is 9.59 Å². The molecule has 1 rings (SSSR count). The van der Waals surface area contributed by atoms with Gasteiger partial charge in [0.25, 0.3) is 0 Å². The summed E-state index contributed by atoms with van der Waals surface area (Å²) in [6.45, 7) is 5.11. The van der Waals surface area contributed by atoms with E-state index in [4.69, 9.17) is 10.8 Å². The van der Waals surface area contributed by atoms with Gasteiger partial charge < -0.3 is 15.7 Å². The molecule has 0 saturated carbocycles. The molecule has 5 nitrogen and oxygen atoms in total. The molecule has 1 unspecified atom stereocenters. The van der Waals surface area contributed by atoms with Crippen molar-refractivity contribution in [2.75, 3.05) is 13.1 Å². The molecular formula is C15H28N2O3. The normalized spacial score (nSPS) is 19.9. The molecule has 3 N–H and O–H groups in total. The number of carbonyl (C=O) groups is 2. The van der Waals surface area contributed by atoms with E-state index in [-0.39, 0.29) is 18.4 Å². The summed E-state index contributed by atoms with van der Waals surface area (Å²) >= 11 is 0. The third-order valence-electron chi connectivity index (χ3n) is 4.78. The number of aliphatic carboxylic acids is 1. The highest BCUT2D eigenvalue weighted by molar-refractivity contribution is 5.83. The molecule has 0 radical (unpaired) electrons. The summed E-state index contributed by atoms with van der Waals surface area (Å²) in [6, 6.07) is 0.0661. The van der Waals surface area contributed by atoms with Gasteiger partial charge in [0.15, 0.2) is 0 Å². The Balaban J connectivity index is 2.82. The fourth-order valence-corrected chi connectivity index (χ4v) is 3.09. The highest BCUT2D eigenvalue weighted by atomic mass is 16.4. The average molecular weight is 284 g/mol. The second-order valence-corrected chi connectivity index (χ2v) is 5.77. The number of nitrogens with zero attached hydrogens (tertiary/aromatic N) is 1. The molecule has 1 aliphatic heterocycles. The van der Waals surface area contributed by atoms with Crippen molar-refractivity contribution in [1.82, 2.24) is 4.90 Å². The van der Waals surface area contributed by atoms with Crippen molar-refractivity contribution in [3.8, 4) is 0 Å². The number of likely N-dealkylation sites (tertiary alicyclic amines) is 1. The fraction of sp³-hybridized carbons (Fsp3) is 0.867. The molecule has 0 aliphatic carbocycles. The fourth-order valence-electron chi connectivity index (χ4n) is 3.09. The van der Waals surface area contributed by atoms with Gasteiger partial charge in [-0.05, 0) is 38.5 Å². The molecular weight excluding hydrogens is 256 g/mol. The van der Waals surface area contributed by atoms with Gasteiger partial charge in [0, 0.05) is 25.6 Å². The maximum atomic E-state index is 12.9. The van der Waals surface area contributed by atoms with Crippen LogP contribution in [0.4, 0.5) is 0 Å². The summed E-state index contributed by atoms with van der Waals surface area (Å²) < 4.78 is 0. The smallest absolute Gasteiger partial charge is 0.303 e. The Bertz CT molecular complexity index is 332. The summed E-state index contributed by atoms with van der Waals surface area (Å²) in [4.78, 5) is 25.5. The summed E-state index contributed by atoms with van der Waals surface area (Å²) in [5.41, 5.74) is 5.39. The Morgan fingerprint density at radius 3 is 2.45 bits per heavy atom. The highest BCUT2D eigenvalue weighted by Gasteiger charge is 2.39. The lowest BCUT2D eigenvalue weighted by Gasteiger charge is -2.42. The van der Waals surface area contributed by atoms with Gasteiger partial charge in [0.05, 0.1) is 5.41 Å². The molecule has 0 bridgehead atoms. The van der Waals surface area contributed by atoms with Crippen molar-refractivity contribution in [1.29, 1.82) is 0 Å². The minimum Gasteiger partial charge on any atom is -0.481 e. The summed E-state index contributed by atoms with van der Waals surface area (Å²) in [7, 11) is 0. The number of rotatable bonds is 7. The van der Waals surface area contributed by atoms with Gasteiger partial charge in [-0.1, -0.05) is 13.8 Å². The van der Waals surface area contributed by atoms with Gasteiger partial charge in [0.2, 0.25) is 5.91 Å². The molecule has 1 heterocycles. The van der Waals surface area contributed by atoms with Crippen LogP contribution in [0.3, 0.4) is 0 Å². The third kappa shape index (κ3) is 3.72. The Labute approximate surface area is 121 Å².